The third kappa shape index (κ3) is 5.69. The van der Waals surface area contributed by atoms with Crippen LogP contribution >= 0.6 is 0 Å². The first-order valence-corrected chi connectivity index (χ1v) is 11.8. The number of aliphatic carboxylic acids is 1. The number of benzene rings is 1. The molecule has 1 atom stereocenters. The van der Waals surface area contributed by atoms with Crippen LogP contribution in [-0.4, -0.2) is 78.1 Å². The minimum Gasteiger partial charge on any atom is -0.475 e. The summed E-state index contributed by atoms with van der Waals surface area (Å²) >= 11 is 0. The molecule has 2 aromatic heterocycles. The third-order valence-electron chi connectivity index (χ3n) is 6.89. The van der Waals surface area contributed by atoms with Gasteiger partial charge in [-0.1, -0.05) is 11.2 Å². The Hall–Kier alpha value is -3.81. The highest BCUT2D eigenvalue weighted by Crippen LogP contribution is 2.40. The van der Waals surface area contributed by atoms with E-state index < -0.39 is 12.1 Å². The zero-order chi connectivity index (χ0) is 27.7. The molecule has 204 valence electrons. The van der Waals surface area contributed by atoms with E-state index in [-0.39, 0.29) is 23.1 Å². The zero-order valence-corrected chi connectivity index (χ0v) is 20.7. The molecular weight excluding hydrogens is 512 g/mol. The summed E-state index contributed by atoms with van der Waals surface area (Å²) in [5.41, 5.74) is 2.58. The number of alkyl halides is 3. The molecular formula is C24H26F4N6O4. The van der Waals surface area contributed by atoms with Gasteiger partial charge in [-0.2, -0.15) is 13.2 Å². The topological polar surface area (TPSA) is 118 Å². The molecule has 0 saturated carbocycles. The van der Waals surface area contributed by atoms with E-state index >= 15 is 0 Å². The van der Waals surface area contributed by atoms with E-state index in [2.05, 4.69) is 20.1 Å². The molecule has 1 unspecified atom stereocenters. The van der Waals surface area contributed by atoms with Crippen LogP contribution < -0.4 is 0 Å². The molecule has 38 heavy (non-hydrogen) atoms. The van der Waals surface area contributed by atoms with Gasteiger partial charge >= 0.3 is 12.1 Å². The number of rotatable bonds is 4. The lowest BCUT2D eigenvalue weighted by Crippen LogP contribution is -2.67. The van der Waals surface area contributed by atoms with Gasteiger partial charge in [-0.15, -0.1) is 5.10 Å². The van der Waals surface area contributed by atoms with Gasteiger partial charge in [0, 0.05) is 37.3 Å². The summed E-state index contributed by atoms with van der Waals surface area (Å²) in [6.07, 6.45) is -0.570. The predicted molar refractivity (Wildman–Crippen MR) is 124 cm³/mol. The lowest BCUT2D eigenvalue weighted by atomic mass is 9.77. The van der Waals surface area contributed by atoms with Crippen molar-refractivity contribution in [3.05, 3.63) is 59.3 Å². The van der Waals surface area contributed by atoms with Gasteiger partial charge in [0.25, 0.3) is 5.91 Å². The first-order chi connectivity index (χ1) is 17.9. The SMILES string of the molecule is Cc1noc(C)c1CN1CCC12CCCN(C(=O)c1ncn(-c3cccc(F)c3)n1)C2.O=C(O)C(F)(F)F. The second kappa shape index (κ2) is 10.5. The lowest BCUT2D eigenvalue weighted by Gasteiger charge is -2.57. The van der Waals surface area contributed by atoms with Crippen LogP contribution in [0, 0.1) is 19.7 Å². The van der Waals surface area contributed by atoms with Crippen molar-refractivity contribution in [3.63, 3.8) is 0 Å². The molecule has 1 aromatic carbocycles. The Balaban J connectivity index is 0.000000426. The maximum absolute atomic E-state index is 13.5. The van der Waals surface area contributed by atoms with Crippen LogP contribution in [0.25, 0.3) is 5.69 Å². The van der Waals surface area contributed by atoms with Crippen molar-refractivity contribution in [1.82, 2.24) is 29.7 Å². The van der Waals surface area contributed by atoms with Crippen molar-refractivity contribution in [2.75, 3.05) is 19.6 Å². The van der Waals surface area contributed by atoms with Gasteiger partial charge in [0.15, 0.2) is 0 Å². The van der Waals surface area contributed by atoms with Crippen LogP contribution in [0.4, 0.5) is 17.6 Å². The van der Waals surface area contributed by atoms with Gasteiger partial charge in [0.05, 0.1) is 11.4 Å². The summed E-state index contributed by atoms with van der Waals surface area (Å²) in [5, 5.41) is 15.5. The van der Waals surface area contributed by atoms with E-state index in [1.54, 1.807) is 12.1 Å². The van der Waals surface area contributed by atoms with E-state index in [4.69, 9.17) is 14.4 Å². The van der Waals surface area contributed by atoms with Crippen LogP contribution in [0.15, 0.2) is 35.1 Å². The van der Waals surface area contributed by atoms with Gasteiger partial charge in [-0.25, -0.2) is 18.9 Å². The Bertz CT molecular complexity index is 1300. The summed E-state index contributed by atoms with van der Waals surface area (Å²) in [6, 6.07) is 6.06. The van der Waals surface area contributed by atoms with E-state index in [0.717, 1.165) is 49.4 Å². The minimum atomic E-state index is -5.08. The monoisotopic (exact) mass is 538 g/mol. The zero-order valence-electron chi connectivity index (χ0n) is 20.7. The molecule has 5 rings (SSSR count). The predicted octanol–water partition coefficient (Wildman–Crippen LogP) is 3.53. The molecule has 14 heteroatoms. The second-order valence-electron chi connectivity index (χ2n) is 9.32. The lowest BCUT2D eigenvalue weighted by molar-refractivity contribution is -0.192. The maximum Gasteiger partial charge on any atom is 0.490 e. The molecule has 0 bridgehead atoms. The fourth-order valence-electron chi connectivity index (χ4n) is 4.74. The van der Waals surface area contributed by atoms with E-state index in [9.17, 15) is 22.4 Å². The number of likely N-dealkylation sites (tertiary alicyclic amines) is 2. The van der Waals surface area contributed by atoms with E-state index in [1.807, 2.05) is 18.7 Å². The Morgan fingerprint density at radius 2 is 1.92 bits per heavy atom. The number of carbonyl (C=O) groups is 2. The third-order valence-corrected chi connectivity index (χ3v) is 6.89. The summed E-state index contributed by atoms with van der Waals surface area (Å²) in [5.74, 6) is -2.30. The fraction of sp³-hybridized carbons (Fsp3) is 0.458. The molecule has 1 amide bonds. The van der Waals surface area contributed by atoms with E-state index in [1.165, 1.54) is 23.1 Å². The minimum absolute atomic E-state index is 0.0187. The van der Waals surface area contributed by atoms with Crippen LogP contribution in [0.5, 0.6) is 0 Å². The summed E-state index contributed by atoms with van der Waals surface area (Å²) in [4.78, 5) is 30.5. The van der Waals surface area contributed by atoms with Crippen LogP contribution in [0.2, 0.25) is 0 Å². The number of piperidine rings is 1. The number of amides is 1. The number of nitrogens with zero attached hydrogens (tertiary/aromatic N) is 6. The smallest absolute Gasteiger partial charge is 0.475 e. The van der Waals surface area contributed by atoms with Crippen molar-refractivity contribution in [2.24, 2.45) is 0 Å². The largest absolute Gasteiger partial charge is 0.490 e. The molecule has 10 nitrogen and oxygen atoms in total. The quantitative estimate of drug-likeness (QED) is 0.502. The van der Waals surface area contributed by atoms with Crippen LogP contribution in [0.3, 0.4) is 0 Å². The van der Waals surface area contributed by atoms with Crippen molar-refractivity contribution in [2.45, 2.75) is 51.4 Å². The van der Waals surface area contributed by atoms with Gasteiger partial charge in [-0.3, -0.25) is 9.69 Å². The molecule has 2 saturated heterocycles. The van der Waals surface area contributed by atoms with Crippen molar-refractivity contribution >= 4 is 11.9 Å². The molecule has 1 N–H and O–H groups in total. The highest BCUT2D eigenvalue weighted by atomic mass is 19.4. The first kappa shape index (κ1) is 27.2. The summed E-state index contributed by atoms with van der Waals surface area (Å²) in [7, 11) is 0. The summed E-state index contributed by atoms with van der Waals surface area (Å²) < 4.78 is 52.0. The average Bonchev–Trinajstić information content (AvgIpc) is 3.48. The number of halogens is 4. The van der Waals surface area contributed by atoms with Crippen molar-refractivity contribution in [3.8, 4) is 5.69 Å². The number of hydrogen-bond acceptors (Lipinski definition) is 7. The Kier molecular flexibility index (Phi) is 7.54. The normalized spacial score (nSPS) is 19.6. The molecule has 2 aliphatic heterocycles. The van der Waals surface area contributed by atoms with Crippen molar-refractivity contribution < 1.29 is 36.8 Å². The van der Waals surface area contributed by atoms with Gasteiger partial charge in [-0.05, 0) is 51.3 Å². The molecule has 0 aliphatic carbocycles. The van der Waals surface area contributed by atoms with Crippen LogP contribution in [-0.2, 0) is 11.3 Å². The highest BCUT2D eigenvalue weighted by Gasteiger charge is 2.48. The molecule has 1 spiro atoms. The standard InChI is InChI=1S/C22H25FN6O2.C2HF3O2/c1-15-19(16(2)31-26-15)12-28-10-8-22(28)7-4-9-27(13-22)21(30)20-24-14-29(25-20)18-6-3-5-17(23)11-18;3-2(4,5)1(6)7/h3,5-6,11,14H,4,7-10,12-13H2,1-2H3;(H,6,7). The number of carboxylic acid groups (broad SMARTS) is 1. The molecule has 0 radical (unpaired) electrons. The van der Waals surface area contributed by atoms with Gasteiger partial charge in [0.2, 0.25) is 5.82 Å². The number of carboxylic acids is 1. The van der Waals surface area contributed by atoms with Crippen LogP contribution in [0.1, 0.15) is 46.9 Å². The summed E-state index contributed by atoms with van der Waals surface area (Å²) in [6.45, 7) is 7.04. The van der Waals surface area contributed by atoms with E-state index in [0.29, 0.717) is 18.8 Å². The Morgan fingerprint density at radius 3 is 2.50 bits per heavy atom. The average molecular weight is 539 g/mol. The molecule has 3 aromatic rings. The maximum atomic E-state index is 13.5. The van der Waals surface area contributed by atoms with Gasteiger partial charge < -0.3 is 14.5 Å². The highest BCUT2D eigenvalue weighted by molar-refractivity contribution is 5.90. The number of aromatic nitrogens is 4. The fourth-order valence-corrected chi connectivity index (χ4v) is 4.74. The number of carbonyl (C=O) groups excluding carboxylic acids is 1. The Morgan fingerprint density at radius 1 is 1.18 bits per heavy atom. The Labute approximate surface area is 214 Å². The molecule has 2 aliphatic rings. The van der Waals surface area contributed by atoms with Crippen molar-refractivity contribution in [1.29, 1.82) is 0 Å². The molecule has 4 heterocycles. The van der Waals surface area contributed by atoms with Gasteiger partial charge in [0.1, 0.15) is 17.9 Å². The molecule has 2 fully saturated rings. The first-order valence-electron chi connectivity index (χ1n) is 11.8. The number of aryl methyl sites for hydroxylation is 2. The number of hydrogen-bond donors (Lipinski definition) is 1. The second-order valence-corrected chi connectivity index (χ2v) is 9.32.